The second kappa shape index (κ2) is 7.04. The maximum absolute atomic E-state index is 12.7. The number of hydrogen-bond donors (Lipinski definition) is 0. The maximum atomic E-state index is 12.7. The van der Waals surface area contributed by atoms with Crippen LogP contribution in [0.3, 0.4) is 0 Å². The highest BCUT2D eigenvalue weighted by Crippen LogP contribution is 2.63. The van der Waals surface area contributed by atoms with Crippen LogP contribution >= 0.6 is 0 Å². The van der Waals surface area contributed by atoms with E-state index in [0.717, 1.165) is 37.7 Å². The molecule has 0 radical (unpaired) electrons. The predicted octanol–water partition coefficient (Wildman–Crippen LogP) is 4.70. The largest absolute Gasteiger partial charge is 0.461 e. The number of rotatable bonds is 3. The summed E-state index contributed by atoms with van der Waals surface area (Å²) in [5, 5.41) is 0. The summed E-state index contributed by atoms with van der Waals surface area (Å²) in [6.07, 6.45) is 10.8. The van der Waals surface area contributed by atoms with E-state index in [1.165, 1.54) is 0 Å². The molecule has 3 saturated carbocycles. The molecule has 4 heteroatoms. The molecule has 0 unspecified atom stereocenters. The lowest BCUT2D eigenvalue weighted by Crippen LogP contribution is -2.52. The molecule has 0 N–H and O–H groups in total. The molecule has 0 aliphatic heterocycles. The fourth-order valence-corrected chi connectivity index (χ4v) is 6.87. The molecule has 0 bridgehead atoms. The summed E-state index contributed by atoms with van der Waals surface area (Å²) in [7, 11) is 0. The van der Waals surface area contributed by atoms with Gasteiger partial charge in [-0.1, -0.05) is 36.8 Å². The second-order valence-corrected chi connectivity index (χ2v) is 9.72. The van der Waals surface area contributed by atoms with Gasteiger partial charge in [-0.2, -0.15) is 0 Å². The van der Waals surface area contributed by atoms with Crippen molar-refractivity contribution in [2.75, 3.05) is 6.61 Å². The number of Topliss-reactive ketones (excluding diaryl/α,β-unsaturated/α-hetero) is 1. The van der Waals surface area contributed by atoms with Crippen molar-refractivity contribution in [1.29, 1.82) is 0 Å². The lowest BCUT2D eigenvalue weighted by Gasteiger charge is -2.56. The number of esters is 1. The summed E-state index contributed by atoms with van der Waals surface area (Å²) in [5.41, 5.74) is 1.03. The van der Waals surface area contributed by atoms with Crippen LogP contribution in [0.4, 0.5) is 0 Å². The van der Waals surface area contributed by atoms with Crippen molar-refractivity contribution >= 4 is 17.5 Å². The minimum absolute atomic E-state index is 0.0187. The minimum atomic E-state index is -0.422. The smallest absolute Gasteiger partial charge is 0.338 e. The first kappa shape index (κ1) is 19.5. The number of benzene rings is 1. The van der Waals surface area contributed by atoms with Crippen LogP contribution < -0.4 is 0 Å². The Morgan fingerprint density at radius 2 is 1.87 bits per heavy atom. The van der Waals surface area contributed by atoms with E-state index >= 15 is 0 Å². The van der Waals surface area contributed by atoms with Crippen LogP contribution in [0.5, 0.6) is 0 Å². The van der Waals surface area contributed by atoms with Crippen molar-refractivity contribution in [3.8, 4) is 0 Å². The van der Waals surface area contributed by atoms with Gasteiger partial charge in [0.25, 0.3) is 0 Å². The highest BCUT2D eigenvalue weighted by Gasteiger charge is 2.59. The summed E-state index contributed by atoms with van der Waals surface area (Å²) in [4.78, 5) is 37.5. The highest BCUT2D eigenvalue weighted by atomic mass is 16.5. The Morgan fingerprint density at radius 3 is 2.67 bits per heavy atom. The van der Waals surface area contributed by atoms with E-state index in [-0.39, 0.29) is 23.8 Å². The first-order valence-electron chi connectivity index (χ1n) is 11.1. The molecule has 0 aromatic heterocycles. The van der Waals surface area contributed by atoms with Crippen LogP contribution in [0.15, 0.2) is 54.1 Å². The molecule has 0 amide bonds. The van der Waals surface area contributed by atoms with Gasteiger partial charge in [-0.05, 0) is 74.1 Å². The number of hydrogen-bond acceptors (Lipinski definition) is 4. The van der Waals surface area contributed by atoms with E-state index in [0.29, 0.717) is 35.5 Å². The van der Waals surface area contributed by atoms with E-state index in [2.05, 4.69) is 6.92 Å². The summed E-state index contributed by atoms with van der Waals surface area (Å²) >= 11 is 0. The topological polar surface area (TPSA) is 60.4 Å². The van der Waals surface area contributed by atoms with Crippen LogP contribution in [0.25, 0.3) is 0 Å². The average molecular weight is 405 g/mol. The molecule has 4 aliphatic rings. The molecule has 4 nitrogen and oxygen atoms in total. The van der Waals surface area contributed by atoms with Gasteiger partial charge in [0.15, 0.2) is 5.78 Å². The Bertz CT molecular complexity index is 959. The number of ether oxygens (including phenoxy) is 1. The lowest BCUT2D eigenvalue weighted by atomic mass is 9.48. The third-order valence-corrected chi connectivity index (χ3v) is 8.47. The van der Waals surface area contributed by atoms with Crippen molar-refractivity contribution < 1.29 is 19.1 Å². The number of carbonyl (C=O) groups is 3. The van der Waals surface area contributed by atoms with E-state index in [9.17, 15) is 14.4 Å². The molecule has 156 valence electrons. The summed E-state index contributed by atoms with van der Waals surface area (Å²) in [6.45, 7) is 2.42. The number of fused-ring (bicyclic) bond motifs is 5. The van der Waals surface area contributed by atoms with E-state index in [4.69, 9.17) is 4.74 Å². The number of carbonyl (C=O) groups excluding carboxylic acids is 3. The molecule has 0 saturated heterocycles. The molecule has 1 aromatic rings. The molecular formula is C26H28O4. The van der Waals surface area contributed by atoms with E-state index < -0.39 is 5.41 Å². The van der Waals surface area contributed by atoms with Gasteiger partial charge < -0.3 is 4.74 Å². The molecule has 0 spiro atoms. The van der Waals surface area contributed by atoms with Crippen molar-refractivity contribution in [3.05, 3.63) is 59.7 Å². The summed E-state index contributed by atoms with van der Waals surface area (Å²) < 4.78 is 5.86. The van der Waals surface area contributed by atoms with Crippen LogP contribution in [0.1, 0.15) is 55.8 Å². The SMILES string of the molecule is C[C@]12CC[C@H]3[C@@H](CCC4=CC(=O)C=C[C@@]43COC(=O)c3ccccc3)[C@@H]1CCC2=O. The quantitative estimate of drug-likeness (QED) is 0.685. The molecule has 30 heavy (non-hydrogen) atoms. The molecular weight excluding hydrogens is 376 g/mol. The molecule has 1 aromatic carbocycles. The molecule has 5 atom stereocenters. The van der Waals surface area contributed by atoms with E-state index in [1.54, 1.807) is 24.3 Å². The summed E-state index contributed by atoms with van der Waals surface area (Å²) in [6, 6.07) is 9.05. The maximum Gasteiger partial charge on any atom is 0.338 e. The van der Waals surface area contributed by atoms with Gasteiger partial charge in [-0.15, -0.1) is 0 Å². The van der Waals surface area contributed by atoms with Gasteiger partial charge in [0.1, 0.15) is 12.4 Å². The Morgan fingerprint density at radius 1 is 1.07 bits per heavy atom. The summed E-state index contributed by atoms with van der Waals surface area (Å²) in [5.74, 6) is 1.25. The van der Waals surface area contributed by atoms with Gasteiger partial charge in [-0.3, -0.25) is 9.59 Å². The Labute approximate surface area is 177 Å². The molecule has 4 aliphatic carbocycles. The minimum Gasteiger partial charge on any atom is -0.461 e. The Hall–Kier alpha value is -2.49. The van der Waals surface area contributed by atoms with Gasteiger partial charge in [0, 0.05) is 17.3 Å². The molecule has 3 fully saturated rings. The zero-order chi connectivity index (χ0) is 20.9. The van der Waals surface area contributed by atoms with E-state index in [1.807, 2.05) is 24.3 Å². The fraction of sp³-hybridized carbons (Fsp3) is 0.500. The van der Waals surface area contributed by atoms with Gasteiger partial charge in [0.05, 0.1) is 5.56 Å². The van der Waals surface area contributed by atoms with Crippen LogP contribution in [-0.4, -0.2) is 24.1 Å². The van der Waals surface area contributed by atoms with Crippen molar-refractivity contribution in [2.45, 2.75) is 45.4 Å². The number of ketones is 2. The zero-order valence-electron chi connectivity index (χ0n) is 17.4. The average Bonchev–Trinajstić information content (AvgIpc) is 3.07. The third-order valence-electron chi connectivity index (χ3n) is 8.47. The van der Waals surface area contributed by atoms with Crippen molar-refractivity contribution in [1.82, 2.24) is 0 Å². The van der Waals surface area contributed by atoms with Crippen LogP contribution in [0, 0.1) is 28.6 Å². The predicted molar refractivity (Wildman–Crippen MR) is 113 cm³/mol. The first-order chi connectivity index (χ1) is 14.4. The Balaban J connectivity index is 1.46. The second-order valence-electron chi connectivity index (χ2n) is 9.72. The zero-order valence-corrected chi connectivity index (χ0v) is 17.4. The monoisotopic (exact) mass is 404 g/mol. The van der Waals surface area contributed by atoms with Gasteiger partial charge in [-0.25, -0.2) is 4.79 Å². The van der Waals surface area contributed by atoms with Crippen molar-refractivity contribution in [3.63, 3.8) is 0 Å². The van der Waals surface area contributed by atoms with Crippen molar-refractivity contribution in [2.24, 2.45) is 28.6 Å². The van der Waals surface area contributed by atoms with Gasteiger partial charge in [0.2, 0.25) is 0 Å². The van der Waals surface area contributed by atoms with Crippen LogP contribution in [0.2, 0.25) is 0 Å². The fourth-order valence-electron chi connectivity index (χ4n) is 6.87. The number of allylic oxidation sites excluding steroid dienone is 2. The molecule has 5 rings (SSSR count). The third kappa shape index (κ3) is 2.84. The van der Waals surface area contributed by atoms with Crippen LogP contribution in [-0.2, 0) is 14.3 Å². The first-order valence-corrected chi connectivity index (χ1v) is 11.1. The molecule has 0 heterocycles. The normalized spacial score (nSPS) is 37.1. The standard InChI is InChI=1S/C26H28O4/c1-25-13-12-22-20(21(25)9-10-23(25)28)8-7-18-15-19(27)11-14-26(18,22)16-30-24(29)17-5-3-2-4-6-17/h2-6,11,14-15,20-22H,7-10,12-13,16H2,1H3/t20-,21-,22-,25-,26+/m0/s1. The highest BCUT2D eigenvalue weighted by molar-refractivity contribution is 6.01. The Kier molecular flexibility index (Phi) is 4.57. The van der Waals surface area contributed by atoms with Gasteiger partial charge >= 0.3 is 5.97 Å². The lowest BCUT2D eigenvalue weighted by molar-refractivity contribution is -0.132.